The van der Waals surface area contributed by atoms with E-state index >= 15 is 0 Å². The smallest absolute Gasteiger partial charge is 0.131 e. The molecule has 0 saturated carbocycles. The van der Waals surface area contributed by atoms with Gasteiger partial charge in [0.15, 0.2) is 0 Å². The van der Waals surface area contributed by atoms with Crippen LogP contribution in [0.25, 0.3) is 11.0 Å². The minimum atomic E-state index is -0.370. The topological polar surface area (TPSA) is 56.7 Å². The maximum Gasteiger partial charge on any atom is 0.131 e. The summed E-state index contributed by atoms with van der Waals surface area (Å²) in [4.78, 5) is 1.55. The highest BCUT2D eigenvalue weighted by Crippen LogP contribution is 2.25. The Kier molecular flexibility index (Phi) is 2.82. The number of nitrogens with two attached hydrogens (primary N) is 1. The molecule has 1 aromatic heterocycles. The van der Waals surface area contributed by atoms with Crippen molar-refractivity contribution in [1.29, 1.82) is 0 Å². The number of aromatic nitrogens is 3. The quantitative estimate of drug-likeness (QED) is 0.901. The summed E-state index contributed by atoms with van der Waals surface area (Å²) in [5, 5.41) is 9.61. The summed E-state index contributed by atoms with van der Waals surface area (Å²) in [6.07, 6.45) is 0. The molecule has 86 valence electrons. The Balaban J connectivity index is 2.48. The molecule has 0 aliphatic heterocycles. The van der Waals surface area contributed by atoms with Gasteiger partial charge in [0, 0.05) is 10.6 Å². The van der Waals surface area contributed by atoms with E-state index in [2.05, 4.69) is 10.2 Å². The fourth-order valence-electron chi connectivity index (χ4n) is 1.42. The molecular weight excluding hydrogens is 247 g/mol. The van der Waals surface area contributed by atoms with Gasteiger partial charge in [-0.1, -0.05) is 23.2 Å². The van der Waals surface area contributed by atoms with Crippen molar-refractivity contribution in [1.82, 2.24) is 15.0 Å². The van der Waals surface area contributed by atoms with Crippen LogP contribution in [0.3, 0.4) is 0 Å². The Bertz CT molecular complexity index is 527. The van der Waals surface area contributed by atoms with E-state index in [1.165, 1.54) is 0 Å². The first-order valence-electron chi connectivity index (χ1n) is 4.84. The summed E-state index contributed by atoms with van der Waals surface area (Å²) in [7, 11) is 0. The van der Waals surface area contributed by atoms with Crippen molar-refractivity contribution in [2.24, 2.45) is 5.73 Å². The minimum absolute atomic E-state index is 0.370. The van der Waals surface area contributed by atoms with Crippen LogP contribution in [0.15, 0.2) is 12.1 Å². The molecule has 0 spiro atoms. The predicted molar refractivity (Wildman–Crippen MR) is 65.8 cm³/mol. The molecule has 0 aliphatic rings. The highest BCUT2D eigenvalue weighted by Gasteiger charge is 2.15. The lowest BCUT2D eigenvalue weighted by atomic mass is 10.1. The van der Waals surface area contributed by atoms with Gasteiger partial charge in [0.1, 0.15) is 11.0 Å². The standard InChI is InChI=1S/C10H12Cl2N4/c1-10(2,13)5-16-14-8-4-6(11)3-7(12)9(8)15-16/h3-4H,5,13H2,1-2H3. The van der Waals surface area contributed by atoms with Crippen LogP contribution in [0, 0.1) is 0 Å². The number of fused-ring (bicyclic) bond motifs is 1. The molecule has 0 atom stereocenters. The van der Waals surface area contributed by atoms with E-state index in [4.69, 9.17) is 28.9 Å². The van der Waals surface area contributed by atoms with Crippen LogP contribution in [-0.2, 0) is 6.54 Å². The minimum Gasteiger partial charge on any atom is -0.324 e. The third-order valence-corrected chi connectivity index (χ3v) is 2.50. The Morgan fingerprint density at radius 3 is 2.62 bits per heavy atom. The van der Waals surface area contributed by atoms with Crippen LogP contribution >= 0.6 is 23.2 Å². The second-order valence-corrected chi connectivity index (χ2v) is 5.32. The van der Waals surface area contributed by atoms with Crippen LogP contribution in [0.2, 0.25) is 10.0 Å². The van der Waals surface area contributed by atoms with E-state index in [9.17, 15) is 0 Å². The molecule has 2 rings (SSSR count). The molecule has 0 bridgehead atoms. The van der Waals surface area contributed by atoms with Crippen molar-refractivity contribution in [3.63, 3.8) is 0 Å². The van der Waals surface area contributed by atoms with E-state index in [1.54, 1.807) is 16.9 Å². The van der Waals surface area contributed by atoms with Gasteiger partial charge in [0.2, 0.25) is 0 Å². The molecule has 0 unspecified atom stereocenters. The zero-order valence-corrected chi connectivity index (χ0v) is 10.5. The average Bonchev–Trinajstić information content (AvgIpc) is 2.43. The second kappa shape index (κ2) is 3.87. The first-order chi connectivity index (χ1) is 7.35. The zero-order valence-electron chi connectivity index (χ0n) is 9.04. The summed E-state index contributed by atoms with van der Waals surface area (Å²) in [6, 6.07) is 3.38. The van der Waals surface area contributed by atoms with Crippen molar-refractivity contribution < 1.29 is 0 Å². The molecular formula is C10H12Cl2N4. The normalized spacial score (nSPS) is 12.3. The zero-order chi connectivity index (χ0) is 11.9. The van der Waals surface area contributed by atoms with E-state index in [-0.39, 0.29) is 5.54 Å². The molecule has 16 heavy (non-hydrogen) atoms. The molecule has 0 saturated heterocycles. The molecule has 1 heterocycles. The summed E-state index contributed by atoms with van der Waals surface area (Å²) >= 11 is 11.9. The predicted octanol–water partition coefficient (Wildman–Crippen LogP) is 2.48. The van der Waals surface area contributed by atoms with Crippen LogP contribution in [0.1, 0.15) is 13.8 Å². The average molecular weight is 259 g/mol. The van der Waals surface area contributed by atoms with Crippen molar-refractivity contribution in [3.05, 3.63) is 22.2 Å². The monoisotopic (exact) mass is 258 g/mol. The number of benzene rings is 1. The van der Waals surface area contributed by atoms with Crippen LogP contribution in [0.4, 0.5) is 0 Å². The van der Waals surface area contributed by atoms with Gasteiger partial charge in [-0.15, -0.1) is 0 Å². The maximum atomic E-state index is 6.02. The highest BCUT2D eigenvalue weighted by molar-refractivity contribution is 6.38. The summed E-state index contributed by atoms with van der Waals surface area (Å²) in [5.41, 5.74) is 6.86. The fraction of sp³-hybridized carbons (Fsp3) is 0.400. The first kappa shape index (κ1) is 11.6. The van der Waals surface area contributed by atoms with Gasteiger partial charge in [-0.3, -0.25) is 0 Å². The molecule has 0 fully saturated rings. The molecule has 4 nitrogen and oxygen atoms in total. The van der Waals surface area contributed by atoms with Gasteiger partial charge < -0.3 is 5.73 Å². The molecule has 0 aliphatic carbocycles. The molecule has 2 N–H and O–H groups in total. The lowest BCUT2D eigenvalue weighted by Crippen LogP contribution is -2.37. The van der Waals surface area contributed by atoms with Gasteiger partial charge in [0.25, 0.3) is 0 Å². The van der Waals surface area contributed by atoms with Gasteiger partial charge in [-0.25, -0.2) is 0 Å². The first-order valence-corrected chi connectivity index (χ1v) is 5.59. The molecule has 0 radical (unpaired) electrons. The van der Waals surface area contributed by atoms with E-state index in [0.29, 0.717) is 27.6 Å². The third kappa shape index (κ3) is 2.45. The van der Waals surface area contributed by atoms with Crippen molar-refractivity contribution in [2.45, 2.75) is 25.9 Å². The summed E-state index contributed by atoms with van der Waals surface area (Å²) in [6.45, 7) is 4.35. The Morgan fingerprint density at radius 1 is 1.31 bits per heavy atom. The van der Waals surface area contributed by atoms with Crippen LogP contribution in [0.5, 0.6) is 0 Å². The summed E-state index contributed by atoms with van der Waals surface area (Å²) in [5.74, 6) is 0. The molecule has 2 aromatic rings. The van der Waals surface area contributed by atoms with Crippen LogP contribution in [-0.4, -0.2) is 20.5 Å². The summed E-state index contributed by atoms with van der Waals surface area (Å²) < 4.78 is 0. The largest absolute Gasteiger partial charge is 0.324 e. The number of nitrogens with zero attached hydrogens (tertiary/aromatic N) is 3. The second-order valence-electron chi connectivity index (χ2n) is 4.47. The lowest BCUT2D eigenvalue weighted by Gasteiger charge is -2.16. The van der Waals surface area contributed by atoms with Crippen molar-refractivity contribution in [2.75, 3.05) is 0 Å². The Hall–Kier alpha value is -0.840. The Labute approximate surface area is 103 Å². The van der Waals surface area contributed by atoms with Gasteiger partial charge in [-0.2, -0.15) is 15.0 Å². The number of hydrogen-bond acceptors (Lipinski definition) is 3. The highest BCUT2D eigenvalue weighted by atomic mass is 35.5. The van der Waals surface area contributed by atoms with Gasteiger partial charge >= 0.3 is 0 Å². The lowest BCUT2D eigenvalue weighted by molar-refractivity contribution is 0.380. The van der Waals surface area contributed by atoms with Crippen LogP contribution < -0.4 is 5.73 Å². The third-order valence-electron chi connectivity index (χ3n) is 2.00. The van der Waals surface area contributed by atoms with E-state index < -0.39 is 0 Å². The molecule has 0 amide bonds. The number of hydrogen-bond donors (Lipinski definition) is 1. The van der Waals surface area contributed by atoms with E-state index in [0.717, 1.165) is 0 Å². The van der Waals surface area contributed by atoms with Gasteiger partial charge in [0.05, 0.1) is 11.6 Å². The van der Waals surface area contributed by atoms with E-state index in [1.807, 2.05) is 13.8 Å². The van der Waals surface area contributed by atoms with Gasteiger partial charge in [-0.05, 0) is 26.0 Å². The fourth-order valence-corrected chi connectivity index (χ4v) is 1.95. The van der Waals surface area contributed by atoms with Crippen molar-refractivity contribution >= 4 is 34.2 Å². The molecule has 6 heteroatoms. The Morgan fingerprint density at radius 2 is 2.00 bits per heavy atom. The molecule has 1 aromatic carbocycles. The van der Waals surface area contributed by atoms with Crippen molar-refractivity contribution in [3.8, 4) is 0 Å². The SMILES string of the molecule is CC(C)(N)Cn1nc2cc(Cl)cc(Cl)c2n1. The maximum absolute atomic E-state index is 6.02. The number of rotatable bonds is 2. The number of halogens is 2.